The Morgan fingerprint density at radius 2 is 2.45 bits per heavy atom. The Kier molecular flexibility index (Phi) is 1.09. The van der Waals surface area contributed by atoms with E-state index in [0.717, 1.165) is 5.56 Å². The van der Waals surface area contributed by atoms with Gasteiger partial charge in [0.1, 0.15) is 11.8 Å². The molecule has 0 unspecified atom stereocenters. The number of nitrogens with one attached hydrogen (secondary N) is 1. The van der Waals surface area contributed by atoms with Gasteiger partial charge in [-0.05, 0) is 18.6 Å². The summed E-state index contributed by atoms with van der Waals surface area (Å²) in [5.41, 5.74) is 1.47. The molecule has 56 valence electrons. The van der Waals surface area contributed by atoms with Crippen molar-refractivity contribution in [2.45, 2.75) is 6.92 Å². The number of aromatic amines is 1. The molecule has 0 spiro atoms. The van der Waals surface area contributed by atoms with Crippen LogP contribution in [0, 0.1) is 6.92 Å². The van der Waals surface area contributed by atoms with Gasteiger partial charge in [0.2, 0.25) is 0 Å². The van der Waals surface area contributed by atoms with Crippen molar-refractivity contribution >= 4 is 5.52 Å². The second-order valence-electron chi connectivity index (χ2n) is 2.41. The molecule has 0 aliphatic carbocycles. The Morgan fingerprint density at radius 1 is 1.64 bits per heavy atom. The van der Waals surface area contributed by atoms with E-state index in [1.807, 2.05) is 13.0 Å². The predicted molar refractivity (Wildman–Crippen MR) is 40.5 cm³/mol. The quantitative estimate of drug-likeness (QED) is 0.586. The Bertz CT molecular complexity index is 440. The molecule has 2 heterocycles. The zero-order valence-corrected chi connectivity index (χ0v) is 6.03. The van der Waals surface area contributed by atoms with E-state index in [2.05, 4.69) is 10.1 Å². The zero-order valence-electron chi connectivity index (χ0n) is 6.03. The Balaban J connectivity index is 3.08. The molecule has 0 radical (unpaired) electrons. The van der Waals surface area contributed by atoms with E-state index < -0.39 is 0 Å². The van der Waals surface area contributed by atoms with Gasteiger partial charge in [-0.25, -0.2) is 4.52 Å². The maximum Gasteiger partial charge on any atom is 0.275 e. The van der Waals surface area contributed by atoms with E-state index in [1.54, 1.807) is 10.7 Å². The number of fused-ring (bicyclic) bond motifs is 1. The highest BCUT2D eigenvalue weighted by Gasteiger charge is 2.00. The maximum atomic E-state index is 11.1. The van der Waals surface area contributed by atoms with Crippen molar-refractivity contribution in [3.63, 3.8) is 0 Å². The fourth-order valence-corrected chi connectivity index (χ4v) is 1.11. The van der Waals surface area contributed by atoms with Crippen molar-refractivity contribution in [1.82, 2.24) is 14.6 Å². The number of aromatic nitrogens is 3. The minimum Gasteiger partial charge on any atom is -0.310 e. The normalized spacial score (nSPS) is 10.6. The lowest BCUT2D eigenvalue weighted by Crippen LogP contribution is -2.10. The van der Waals surface area contributed by atoms with Crippen LogP contribution in [-0.4, -0.2) is 14.6 Å². The highest BCUT2D eigenvalue weighted by Crippen LogP contribution is 2.02. The molecule has 2 aromatic rings. The number of hydrogen-bond donors (Lipinski definition) is 1. The maximum absolute atomic E-state index is 11.1. The molecule has 0 saturated carbocycles. The van der Waals surface area contributed by atoms with Crippen molar-refractivity contribution in [3.8, 4) is 0 Å². The summed E-state index contributed by atoms with van der Waals surface area (Å²) in [5, 5.41) is 3.92. The summed E-state index contributed by atoms with van der Waals surface area (Å²) in [4.78, 5) is 13.7. The number of aryl methyl sites for hydroxylation is 1. The van der Waals surface area contributed by atoms with Gasteiger partial charge in [0.15, 0.2) is 0 Å². The van der Waals surface area contributed by atoms with Gasteiger partial charge >= 0.3 is 0 Å². The third kappa shape index (κ3) is 0.756. The summed E-state index contributed by atoms with van der Waals surface area (Å²) in [6, 6.07) is 1.86. The van der Waals surface area contributed by atoms with Crippen LogP contribution in [-0.2, 0) is 0 Å². The van der Waals surface area contributed by atoms with E-state index >= 15 is 0 Å². The minimum absolute atomic E-state index is 0.0949. The van der Waals surface area contributed by atoms with Gasteiger partial charge in [0.05, 0.1) is 0 Å². The van der Waals surface area contributed by atoms with E-state index in [4.69, 9.17) is 0 Å². The fraction of sp³-hybridized carbons (Fsp3) is 0.143. The molecule has 0 aliphatic rings. The molecule has 0 aliphatic heterocycles. The van der Waals surface area contributed by atoms with Crippen molar-refractivity contribution < 1.29 is 0 Å². The van der Waals surface area contributed by atoms with Crippen molar-refractivity contribution in [2.24, 2.45) is 0 Å². The second kappa shape index (κ2) is 1.95. The first kappa shape index (κ1) is 6.15. The number of rotatable bonds is 0. The molecule has 0 amide bonds. The lowest BCUT2D eigenvalue weighted by molar-refractivity contribution is 0.887. The topological polar surface area (TPSA) is 50.2 Å². The summed E-state index contributed by atoms with van der Waals surface area (Å²) in [6.07, 6.45) is 3.15. The highest BCUT2D eigenvalue weighted by atomic mass is 16.1. The fourth-order valence-electron chi connectivity index (χ4n) is 1.11. The molecular formula is C7H7N3O. The van der Waals surface area contributed by atoms with Gasteiger partial charge in [0.25, 0.3) is 5.56 Å². The van der Waals surface area contributed by atoms with Gasteiger partial charge in [-0.15, -0.1) is 0 Å². The Hall–Kier alpha value is -1.58. The lowest BCUT2D eigenvalue weighted by atomic mass is 10.3. The van der Waals surface area contributed by atoms with Gasteiger partial charge in [-0.3, -0.25) is 4.79 Å². The first-order valence-corrected chi connectivity index (χ1v) is 3.30. The van der Waals surface area contributed by atoms with Crippen LogP contribution in [0.15, 0.2) is 23.4 Å². The molecule has 0 atom stereocenters. The van der Waals surface area contributed by atoms with Crippen LogP contribution in [0.25, 0.3) is 5.52 Å². The van der Waals surface area contributed by atoms with Crippen LogP contribution < -0.4 is 5.56 Å². The molecule has 4 heteroatoms. The molecule has 0 bridgehead atoms. The summed E-state index contributed by atoms with van der Waals surface area (Å²) >= 11 is 0. The average Bonchev–Trinajstić information content (AvgIpc) is 2.34. The van der Waals surface area contributed by atoms with Crippen LogP contribution in [0.1, 0.15) is 5.56 Å². The zero-order chi connectivity index (χ0) is 7.84. The van der Waals surface area contributed by atoms with Crippen molar-refractivity contribution in [2.75, 3.05) is 0 Å². The third-order valence-corrected chi connectivity index (χ3v) is 1.66. The van der Waals surface area contributed by atoms with Crippen LogP contribution in [0.4, 0.5) is 0 Å². The molecule has 1 N–H and O–H groups in total. The van der Waals surface area contributed by atoms with Crippen molar-refractivity contribution in [3.05, 3.63) is 34.5 Å². The molecule has 0 saturated heterocycles. The van der Waals surface area contributed by atoms with E-state index in [1.165, 1.54) is 6.33 Å². The van der Waals surface area contributed by atoms with Gasteiger partial charge in [0, 0.05) is 6.20 Å². The van der Waals surface area contributed by atoms with Crippen LogP contribution in [0.2, 0.25) is 0 Å². The van der Waals surface area contributed by atoms with Gasteiger partial charge in [-0.2, -0.15) is 5.10 Å². The van der Waals surface area contributed by atoms with Crippen LogP contribution in [0.3, 0.4) is 0 Å². The van der Waals surface area contributed by atoms with Gasteiger partial charge in [-0.1, -0.05) is 0 Å². The first-order chi connectivity index (χ1) is 5.29. The van der Waals surface area contributed by atoms with Crippen molar-refractivity contribution in [1.29, 1.82) is 0 Å². The molecule has 4 nitrogen and oxygen atoms in total. The molecule has 11 heavy (non-hydrogen) atoms. The predicted octanol–water partition coefficient (Wildman–Crippen LogP) is 0.331. The summed E-state index contributed by atoms with van der Waals surface area (Å²) in [6.45, 7) is 1.88. The van der Waals surface area contributed by atoms with Gasteiger partial charge < -0.3 is 4.98 Å². The molecule has 0 fully saturated rings. The molecular weight excluding hydrogens is 142 g/mol. The molecule has 2 aromatic heterocycles. The van der Waals surface area contributed by atoms with Crippen LogP contribution >= 0.6 is 0 Å². The standard InChI is InChI=1S/C7H7N3O/c1-5-2-3-10-6(5)7(11)8-4-9-10/h2-4H,1H3,(H,8,9,11). The van der Waals surface area contributed by atoms with Crippen LogP contribution in [0.5, 0.6) is 0 Å². The molecule has 2 rings (SSSR count). The number of H-pyrrole nitrogens is 1. The largest absolute Gasteiger partial charge is 0.310 e. The highest BCUT2D eigenvalue weighted by molar-refractivity contribution is 5.51. The summed E-state index contributed by atoms with van der Waals surface area (Å²) in [7, 11) is 0. The Morgan fingerprint density at radius 3 is 3.18 bits per heavy atom. The lowest BCUT2D eigenvalue weighted by Gasteiger charge is -1.90. The summed E-state index contributed by atoms with van der Waals surface area (Å²) < 4.78 is 1.56. The number of hydrogen-bond acceptors (Lipinski definition) is 2. The SMILES string of the molecule is Cc1ccn2nc[nH]c(=O)c12. The average molecular weight is 149 g/mol. The Labute approximate surface area is 62.5 Å². The van der Waals surface area contributed by atoms with E-state index in [-0.39, 0.29) is 5.56 Å². The summed E-state index contributed by atoms with van der Waals surface area (Å²) in [5.74, 6) is 0. The third-order valence-electron chi connectivity index (χ3n) is 1.66. The number of nitrogens with zero attached hydrogens (tertiary/aromatic N) is 2. The van der Waals surface area contributed by atoms with E-state index in [0.29, 0.717) is 5.52 Å². The first-order valence-electron chi connectivity index (χ1n) is 3.30. The monoisotopic (exact) mass is 149 g/mol. The second-order valence-corrected chi connectivity index (χ2v) is 2.41. The molecule has 0 aromatic carbocycles. The van der Waals surface area contributed by atoms with E-state index in [9.17, 15) is 4.79 Å². The minimum atomic E-state index is -0.0949. The smallest absolute Gasteiger partial charge is 0.275 e.